The van der Waals surface area contributed by atoms with Crippen molar-refractivity contribution in [2.45, 2.75) is 44.8 Å². The normalized spacial score (nSPS) is 20.8. The molecule has 1 N–H and O–H groups in total. The summed E-state index contributed by atoms with van der Waals surface area (Å²) in [5, 5.41) is 9.65. The van der Waals surface area contributed by atoms with Crippen LogP contribution in [0.15, 0.2) is 0 Å². The molecule has 0 amide bonds. The summed E-state index contributed by atoms with van der Waals surface area (Å²) >= 11 is 0. The van der Waals surface area contributed by atoms with Gasteiger partial charge in [-0.25, -0.2) is 0 Å². The van der Waals surface area contributed by atoms with Gasteiger partial charge in [0.2, 0.25) is 0 Å². The van der Waals surface area contributed by atoms with Crippen LogP contribution in [0.2, 0.25) is 0 Å². The van der Waals surface area contributed by atoms with E-state index >= 15 is 0 Å². The maximum absolute atomic E-state index is 9.65. The fourth-order valence-electron chi connectivity index (χ4n) is 1.52. The molecule has 0 radical (unpaired) electrons. The molecule has 1 rings (SSSR count). The predicted molar refractivity (Wildman–Crippen MR) is 46.8 cm³/mol. The maximum Gasteiger partial charge on any atom is 0.165 e. The molecule has 0 spiro atoms. The van der Waals surface area contributed by atoms with Gasteiger partial charge in [0.05, 0.1) is 0 Å². The first-order valence-electron chi connectivity index (χ1n) is 4.42. The van der Waals surface area contributed by atoms with Gasteiger partial charge in [-0.15, -0.1) is 0 Å². The van der Waals surface area contributed by atoms with Crippen molar-refractivity contribution in [1.82, 2.24) is 0 Å². The molecule has 3 heteroatoms. The molecule has 72 valence electrons. The van der Waals surface area contributed by atoms with E-state index in [9.17, 15) is 5.11 Å². The highest BCUT2D eigenvalue weighted by molar-refractivity contribution is 5.10. The molecule has 1 fully saturated rings. The first-order chi connectivity index (χ1) is 5.77. The zero-order valence-corrected chi connectivity index (χ0v) is 7.71. The Kier molecular flexibility index (Phi) is 5.93. The van der Waals surface area contributed by atoms with Crippen molar-refractivity contribution in [1.29, 1.82) is 0 Å². The summed E-state index contributed by atoms with van der Waals surface area (Å²) in [6, 6.07) is 0. The van der Waals surface area contributed by atoms with E-state index in [1.165, 1.54) is 6.42 Å². The number of hydrogen-bond donors (Lipinski definition) is 1. The number of carbonyl (C=O) groups excluding carboxylic acids is 1. The lowest BCUT2D eigenvalue weighted by molar-refractivity contribution is -0.217. The van der Waals surface area contributed by atoms with Crippen molar-refractivity contribution < 1.29 is 14.6 Å². The highest BCUT2D eigenvalue weighted by Crippen LogP contribution is 2.28. The Morgan fingerprint density at radius 3 is 2.25 bits per heavy atom. The molecule has 12 heavy (non-hydrogen) atoms. The van der Waals surface area contributed by atoms with E-state index in [2.05, 4.69) is 0 Å². The highest BCUT2D eigenvalue weighted by Gasteiger charge is 2.28. The van der Waals surface area contributed by atoms with Gasteiger partial charge in [-0.2, -0.15) is 0 Å². The Bertz CT molecular complexity index is 103. The SMILES string of the molecule is C=O.CCOC1(O)CCCCC1. The Balaban J connectivity index is 0.000000561. The van der Waals surface area contributed by atoms with Crippen LogP contribution in [0.25, 0.3) is 0 Å². The topological polar surface area (TPSA) is 46.5 Å². The number of rotatable bonds is 2. The third kappa shape index (κ3) is 3.83. The molecule has 3 nitrogen and oxygen atoms in total. The van der Waals surface area contributed by atoms with Gasteiger partial charge < -0.3 is 14.6 Å². The smallest absolute Gasteiger partial charge is 0.165 e. The fourth-order valence-corrected chi connectivity index (χ4v) is 1.52. The average Bonchev–Trinajstić information content (AvgIpc) is 2.09. The Morgan fingerprint density at radius 1 is 1.33 bits per heavy atom. The predicted octanol–water partition coefficient (Wildman–Crippen LogP) is 1.49. The highest BCUT2D eigenvalue weighted by atomic mass is 16.6. The van der Waals surface area contributed by atoms with Crippen LogP contribution in [0.5, 0.6) is 0 Å². The van der Waals surface area contributed by atoms with E-state index in [1.807, 2.05) is 13.7 Å². The summed E-state index contributed by atoms with van der Waals surface area (Å²) in [7, 11) is 0. The first kappa shape index (κ1) is 11.6. The van der Waals surface area contributed by atoms with Gasteiger partial charge in [0, 0.05) is 19.4 Å². The Morgan fingerprint density at radius 2 is 1.83 bits per heavy atom. The second-order valence-electron chi connectivity index (χ2n) is 2.94. The minimum Gasteiger partial charge on any atom is -0.365 e. The van der Waals surface area contributed by atoms with E-state index in [-0.39, 0.29) is 0 Å². The van der Waals surface area contributed by atoms with Gasteiger partial charge in [0.15, 0.2) is 5.79 Å². The van der Waals surface area contributed by atoms with Crippen LogP contribution in [0, 0.1) is 0 Å². The van der Waals surface area contributed by atoms with Crippen molar-refractivity contribution in [3.63, 3.8) is 0 Å². The lowest BCUT2D eigenvalue weighted by atomic mass is 9.94. The van der Waals surface area contributed by atoms with E-state index in [0.717, 1.165) is 25.7 Å². The van der Waals surface area contributed by atoms with Crippen molar-refractivity contribution in [2.75, 3.05) is 6.61 Å². The molecule has 0 aliphatic heterocycles. The Hall–Kier alpha value is -0.410. The molecular formula is C9H18O3. The lowest BCUT2D eigenvalue weighted by Crippen LogP contribution is -2.34. The molecule has 1 aliphatic carbocycles. The molecule has 0 atom stereocenters. The molecular weight excluding hydrogens is 156 g/mol. The van der Waals surface area contributed by atoms with Gasteiger partial charge in [0.25, 0.3) is 0 Å². The lowest BCUT2D eigenvalue weighted by Gasteiger charge is -2.31. The van der Waals surface area contributed by atoms with Crippen LogP contribution >= 0.6 is 0 Å². The molecule has 0 aromatic carbocycles. The zero-order chi connectivity index (χ0) is 9.45. The summed E-state index contributed by atoms with van der Waals surface area (Å²) in [6.45, 7) is 4.54. The molecule has 0 aromatic heterocycles. The van der Waals surface area contributed by atoms with Gasteiger partial charge in [-0.3, -0.25) is 0 Å². The third-order valence-corrected chi connectivity index (χ3v) is 2.05. The van der Waals surface area contributed by atoms with Crippen LogP contribution in [0.3, 0.4) is 0 Å². The molecule has 1 aliphatic rings. The summed E-state index contributed by atoms with van der Waals surface area (Å²) in [6.07, 6.45) is 5.10. The van der Waals surface area contributed by atoms with Gasteiger partial charge in [-0.1, -0.05) is 6.42 Å². The molecule has 0 aromatic rings. The molecule has 0 saturated heterocycles. The Labute approximate surface area is 73.7 Å². The minimum atomic E-state index is -0.771. The van der Waals surface area contributed by atoms with Gasteiger partial charge in [0.1, 0.15) is 6.79 Å². The van der Waals surface area contributed by atoms with E-state index in [0.29, 0.717) is 6.61 Å². The van der Waals surface area contributed by atoms with Crippen LogP contribution in [-0.2, 0) is 9.53 Å². The number of ether oxygens (including phenoxy) is 1. The fraction of sp³-hybridized carbons (Fsp3) is 0.889. The molecule has 1 saturated carbocycles. The number of hydrogen-bond acceptors (Lipinski definition) is 3. The van der Waals surface area contributed by atoms with Crippen molar-refractivity contribution in [3.05, 3.63) is 0 Å². The third-order valence-electron chi connectivity index (χ3n) is 2.05. The van der Waals surface area contributed by atoms with E-state index < -0.39 is 5.79 Å². The average molecular weight is 174 g/mol. The first-order valence-corrected chi connectivity index (χ1v) is 4.42. The summed E-state index contributed by atoms with van der Waals surface area (Å²) in [4.78, 5) is 8.00. The molecule has 0 heterocycles. The summed E-state index contributed by atoms with van der Waals surface area (Å²) in [5.74, 6) is -0.771. The second-order valence-corrected chi connectivity index (χ2v) is 2.94. The van der Waals surface area contributed by atoms with Gasteiger partial charge in [-0.05, 0) is 19.8 Å². The van der Waals surface area contributed by atoms with Crippen molar-refractivity contribution >= 4 is 6.79 Å². The van der Waals surface area contributed by atoms with Crippen LogP contribution in [0.4, 0.5) is 0 Å². The van der Waals surface area contributed by atoms with E-state index in [4.69, 9.17) is 9.53 Å². The van der Waals surface area contributed by atoms with E-state index in [1.54, 1.807) is 0 Å². The zero-order valence-electron chi connectivity index (χ0n) is 7.71. The summed E-state index contributed by atoms with van der Waals surface area (Å²) in [5.41, 5.74) is 0. The largest absolute Gasteiger partial charge is 0.365 e. The standard InChI is InChI=1S/C8H16O2.CH2O/c1-2-10-8(9)6-4-3-5-7-8;1-2/h9H,2-7H2,1H3;1H2. The monoisotopic (exact) mass is 174 g/mol. The quantitative estimate of drug-likeness (QED) is 0.645. The van der Waals surface area contributed by atoms with Crippen molar-refractivity contribution in [3.8, 4) is 0 Å². The number of carbonyl (C=O) groups is 1. The van der Waals surface area contributed by atoms with Crippen molar-refractivity contribution in [2.24, 2.45) is 0 Å². The number of aliphatic hydroxyl groups is 1. The second kappa shape index (κ2) is 6.14. The van der Waals surface area contributed by atoms with Crippen LogP contribution in [0.1, 0.15) is 39.0 Å². The summed E-state index contributed by atoms with van der Waals surface area (Å²) < 4.78 is 5.23. The van der Waals surface area contributed by atoms with Gasteiger partial charge >= 0.3 is 0 Å². The van der Waals surface area contributed by atoms with Crippen LogP contribution in [-0.4, -0.2) is 24.3 Å². The van der Waals surface area contributed by atoms with Crippen LogP contribution < -0.4 is 0 Å². The molecule has 0 unspecified atom stereocenters. The molecule has 0 bridgehead atoms. The minimum absolute atomic E-state index is 0.622. The maximum atomic E-state index is 9.65.